The molecule has 0 atom stereocenters. The molecule has 0 saturated heterocycles. The van der Waals surface area contributed by atoms with E-state index >= 15 is 0 Å². The Bertz CT molecular complexity index is 869. The van der Waals surface area contributed by atoms with Crippen LogP contribution in [0.15, 0.2) is 47.6 Å². The fourth-order valence-electron chi connectivity index (χ4n) is 2.96. The molecule has 0 aliphatic carbocycles. The molecular weight excluding hydrogens is 340 g/mol. The van der Waals surface area contributed by atoms with Gasteiger partial charge in [0.2, 0.25) is 15.9 Å². The third kappa shape index (κ3) is 4.62. The highest BCUT2D eigenvalue weighted by atomic mass is 32.2. The highest BCUT2D eigenvalue weighted by molar-refractivity contribution is 7.89. The number of fused-ring (bicyclic) bond motifs is 1. The molecule has 8 heteroatoms. The largest absolute Gasteiger partial charge is 0.324 e. The first-order chi connectivity index (χ1) is 11.9. The van der Waals surface area contributed by atoms with E-state index in [2.05, 4.69) is 10.3 Å². The fraction of sp³-hybridized carbons (Fsp3) is 0.294. The van der Waals surface area contributed by atoms with Gasteiger partial charge in [0.05, 0.1) is 23.3 Å². The number of carbonyl (C=O) groups excluding carboxylic acids is 1. The maximum Gasteiger partial charge on any atom is 0.238 e. The lowest BCUT2D eigenvalue weighted by molar-refractivity contribution is -0.117. The highest BCUT2D eigenvalue weighted by Gasteiger charge is 2.19. The lowest BCUT2D eigenvalue weighted by Crippen LogP contribution is -2.33. The Hall–Kier alpha value is -2.29. The first-order valence-corrected chi connectivity index (χ1v) is 9.53. The summed E-state index contributed by atoms with van der Waals surface area (Å²) in [7, 11) is -3.73. The molecule has 7 nitrogen and oxygen atoms in total. The van der Waals surface area contributed by atoms with E-state index in [0.29, 0.717) is 12.2 Å². The zero-order valence-corrected chi connectivity index (χ0v) is 14.5. The van der Waals surface area contributed by atoms with Crippen molar-refractivity contribution in [1.29, 1.82) is 0 Å². The van der Waals surface area contributed by atoms with Gasteiger partial charge in [0.1, 0.15) is 0 Å². The quantitative estimate of drug-likeness (QED) is 0.850. The van der Waals surface area contributed by atoms with Crippen molar-refractivity contribution in [1.82, 2.24) is 9.88 Å². The van der Waals surface area contributed by atoms with E-state index in [1.165, 1.54) is 0 Å². The van der Waals surface area contributed by atoms with Crippen molar-refractivity contribution >= 4 is 21.6 Å². The Labute approximate surface area is 146 Å². The lowest BCUT2D eigenvalue weighted by Gasteiger charge is -2.20. The normalized spacial score (nSPS) is 15.2. The highest BCUT2D eigenvalue weighted by Crippen LogP contribution is 2.22. The van der Waals surface area contributed by atoms with Crippen molar-refractivity contribution in [3.8, 4) is 0 Å². The summed E-state index contributed by atoms with van der Waals surface area (Å²) < 4.78 is 23.1. The Morgan fingerprint density at radius 2 is 2.12 bits per heavy atom. The van der Waals surface area contributed by atoms with Gasteiger partial charge >= 0.3 is 0 Å². The number of hydrogen-bond donors (Lipinski definition) is 2. The molecule has 0 spiro atoms. The summed E-state index contributed by atoms with van der Waals surface area (Å²) >= 11 is 0. The second kappa shape index (κ2) is 7.30. The molecule has 0 radical (unpaired) electrons. The number of aromatic nitrogens is 1. The van der Waals surface area contributed by atoms with Crippen LogP contribution in [0.2, 0.25) is 0 Å². The molecule has 1 aliphatic heterocycles. The molecule has 1 aliphatic rings. The van der Waals surface area contributed by atoms with Gasteiger partial charge in [-0.25, -0.2) is 13.6 Å². The minimum atomic E-state index is -3.73. The first-order valence-electron chi connectivity index (χ1n) is 7.99. The predicted octanol–water partition coefficient (Wildman–Crippen LogP) is 1.12. The van der Waals surface area contributed by atoms with Crippen LogP contribution in [0.3, 0.4) is 0 Å². The van der Waals surface area contributed by atoms with Crippen molar-refractivity contribution in [3.05, 3.63) is 53.9 Å². The van der Waals surface area contributed by atoms with E-state index in [0.717, 1.165) is 30.5 Å². The number of sulfonamides is 1. The summed E-state index contributed by atoms with van der Waals surface area (Å²) in [6.45, 7) is 1.51. The molecule has 2 aromatic rings. The number of carbonyl (C=O) groups is 1. The molecule has 1 amide bonds. The zero-order chi connectivity index (χ0) is 17.9. The van der Waals surface area contributed by atoms with Crippen LogP contribution in [-0.2, 0) is 27.8 Å². The van der Waals surface area contributed by atoms with Gasteiger partial charge in [0, 0.05) is 12.7 Å². The van der Waals surface area contributed by atoms with Crippen LogP contribution in [0.25, 0.3) is 0 Å². The van der Waals surface area contributed by atoms with E-state index in [1.807, 2.05) is 11.0 Å². The van der Waals surface area contributed by atoms with Crippen LogP contribution in [0.4, 0.5) is 5.69 Å². The van der Waals surface area contributed by atoms with E-state index in [9.17, 15) is 13.2 Å². The van der Waals surface area contributed by atoms with E-state index in [1.54, 1.807) is 36.7 Å². The number of amides is 1. The Morgan fingerprint density at radius 1 is 1.28 bits per heavy atom. The lowest BCUT2D eigenvalue weighted by atomic mass is 10.0. The SMILES string of the molecule is NS(=O)(=O)c1ccc2c(c1)CN(CC(=O)Nc1cccnc1)CCC2. The third-order valence-corrected chi connectivity index (χ3v) is 5.04. The molecular formula is C17H20N4O3S. The number of nitrogens with one attached hydrogen (secondary N) is 1. The number of benzene rings is 1. The minimum Gasteiger partial charge on any atom is -0.324 e. The second-order valence-corrected chi connectivity index (χ2v) is 7.64. The standard InChI is InChI=1S/C17H20N4O3S/c18-25(23,24)16-6-5-13-3-2-8-21(11-14(13)9-16)12-17(22)20-15-4-1-7-19-10-15/h1,4-7,9-10H,2-3,8,11-12H2,(H,20,22)(H2,18,23,24). The molecule has 1 aromatic heterocycles. The number of nitrogens with zero attached hydrogens (tertiary/aromatic N) is 2. The number of rotatable bonds is 4. The van der Waals surface area contributed by atoms with E-state index in [-0.39, 0.29) is 17.3 Å². The van der Waals surface area contributed by atoms with E-state index < -0.39 is 10.0 Å². The molecule has 132 valence electrons. The van der Waals surface area contributed by atoms with Crippen LogP contribution in [0.1, 0.15) is 17.5 Å². The van der Waals surface area contributed by atoms with Gasteiger partial charge in [-0.05, 0) is 54.8 Å². The average Bonchev–Trinajstić information content (AvgIpc) is 2.75. The second-order valence-electron chi connectivity index (χ2n) is 6.08. The maximum absolute atomic E-state index is 12.2. The van der Waals surface area contributed by atoms with Gasteiger partial charge in [0.15, 0.2) is 0 Å². The molecule has 3 rings (SSSR count). The van der Waals surface area contributed by atoms with Crippen molar-refractivity contribution in [3.63, 3.8) is 0 Å². The molecule has 3 N–H and O–H groups in total. The predicted molar refractivity (Wildman–Crippen MR) is 94.3 cm³/mol. The van der Waals surface area contributed by atoms with Gasteiger partial charge in [0.25, 0.3) is 0 Å². The van der Waals surface area contributed by atoms with Gasteiger partial charge in [-0.15, -0.1) is 0 Å². The van der Waals surface area contributed by atoms with Crippen LogP contribution >= 0.6 is 0 Å². The van der Waals surface area contributed by atoms with Crippen LogP contribution in [0, 0.1) is 0 Å². The molecule has 0 unspecified atom stereocenters. The van der Waals surface area contributed by atoms with Gasteiger partial charge in [-0.3, -0.25) is 14.7 Å². The number of pyridine rings is 1. The maximum atomic E-state index is 12.2. The summed E-state index contributed by atoms with van der Waals surface area (Å²) in [5, 5.41) is 8.03. The van der Waals surface area contributed by atoms with Gasteiger partial charge < -0.3 is 5.32 Å². The van der Waals surface area contributed by atoms with Crippen molar-refractivity contribution in [2.75, 3.05) is 18.4 Å². The number of aryl methyl sites for hydroxylation is 1. The smallest absolute Gasteiger partial charge is 0.238 e. The molecule has 0 bridgehead atoms. The molecule has 0 saturated carbocycles. The minimum absolute atomic E-state index is 0.105. The summed E-state index contributed by atoms with van der Waals surface area (Å²) in [6.07, 6.45) is 4.99. The Morgan fingerprint density at radius 3 is 2.84 bits per heavy atom. The zero-order valence-electron chi connectivity index (χ0n) is 13.7. The number of hydrogen-bond acceptors (Lipinski definition) is 5. The van der Waals surface area contributed by atoms with Crippen LogP contribution in [0.5, 0.6) is 0 Å². The Balaban J connectivity index is 1.71. The third-order valence-electron chi connectivity index (χ3n) is 4.13. The molecule has 2 heterocycles. The van der Waals surface area contributed by atoms with Crippen molar-refractivity contribution < 1.29 is 13.2 Å². The fourth-order valence-corrected chi connectivity index (χ4v) is 3.52. The monoisotopic (exact) mass is 360 g/mol. The number of anilines is 1. The van der Waals surface area contributed by atoms with Crippen molar-refractivity contribution in [2.45, 2.75) is 24.3 Å². The summed E-state index contributed by atoms with van der Waals surface area (Å²) in [4.78, 5) is 18.3. The summed E-state index contributed by atoms with van der Waals surface area (Å²) in [6, 6.07) is 8.50. The van der Waals surface area contributed by atoms with Crippen LogP contribution < -0.4 is 10.5 Å². The number of nitrogens with two attached hydrogens (primary N) is 1. The molecule has 0 fully saturated rings. The summed E-state index contributed by atoms with van der Waals surface area (Å²) in [5.74, 6) is -0.126. The molecule has 25 heavy (non-hydrogen) atoms. The number of primary sulfonamides is 1. The van der Waals surface area contributed by atoms with Gasteiger partial charge in [-0.1, -0.05) is 6.07 Å². The van der Waals surface area contributed by atoms with Crippen molar-refractivity contribution in [2.24, 2.45) is 5.14 Å². The topological polar surface area (TPSA) is 105 Å². The summed E-state index contributed by atoms with van der Waals surface area (Å²) in [5.41, 5.74) is 2.65. The molecule has 1 aromatic carbocycles. The average molecular weight is 360 g/mol. The Kier molecular flexibility index (Phi) is 5.12. The first kappa shape index (κ1) is 17.5. The van der Waals surface area contributed by atoms with E-state index in [4.69, 9.17) is 5.14 Å². The van der Waals surface area contributed by atoms with Crippen LogP contribution in [-0.4, -0.2) is 37.3 Å². The van der Waals surface area contributed by atoms with Gasteiger partial charge in [-0.2, -0.15) is 0 Å².